The predicted octanol–water partition coefficient (Wildman–Crippen LogP) is 1.72. The van der Waals surface area contributed by atoms with Gasteiger partial charge in [-0.15, -0.1) is 0 Å². The second kappa shape index (κ2) is 1.71. The molecule has 2 bridgehead atoms. The average Bonchev–Trinajstić information content (AvgIpc) is 2.53. The normalized spacial score (nSPS) is 58.8. The highest BCUT2D eigenvalue weighted by Gasteiger charge is 2.55. The van der Waals surface area contributed by atoms with Crippen molar-refractivity contribution in [1.82, 2.24) is 0 Å². The zero-order chi connectivity index (χ0) is 7.47. The molecule has 4 unspecified atom stereocenters. The molecule has 2 fully saturated rings. The molecule has 0 aliphatic heterocycles. The number of aliphatic hydroxyl groups is 1. The molecule has 1 heteroatoms. The third kappa shape index (κ3) is 0.610. The molecular weight excluding hydrogens is 136 g/mol. The summed E-state index contributed by atoms with van der Waals surface area (Å²) in [6.45, 7) is 0. The Kier molecular flexibility index (Phi) is 0.972. The third-order valence-electron chi connectivity index (χ3n) is 3.96. The van der Waals surface area contributed by atoms with E-state index < -0.39 is 0 Å². The van der Waals surface area contributed by atoms with Crippen molar-refractivity contribution >= 4 is 0 Å². The Bertz CT molecular complexity index is 221. The highest BCUT2D eigenvalue weighted by Crippen LogP contribution is 2.57. The SMILES string of the molecule is OC12C=CC(C1)C1CCCC12. The van der Waals surface area contributed by atoms with Crippen LogP contribution in [0.15, 0.2) is 12.2 Å². The lowest BCUT2D eigenvalue weighted by Gasteiger charge is -2.26. The van der Waals surface area contributed by atoms with Crippen LogP contribution in [0.4, 0.5) is 0 Å². The van der Waals surface area contributed by atoms with Crippen LogP contribution in [-0.2, 0) is 0 Å². The van der Waals surface area contributed by atoms with E-state index in [-0.39, 0.29) is 5.60 Å². The van der Waals surface area contributed by atoms with Gasteiger partial charge in [-0.2, -0.15) is 0 Å². The third-order valence-corrected chi connectivity index (χ3v) is 3.96. The maximum Gasteiger partial charge on any atom is 0.0864 e. The summed E-state index contributed by atoms with van der Waals surface area (Å²) in [5.74, 6) is 2.19. The highest BCUT2D eigenvalue weighted by atomic mass is 16.3. The van der Waals surface area contributed by atoms with E-state index in [2.05, 4.69) is 12.2 Å². The molecule has 60 valence electrons. The van der Waals surface area contributed by atoms with Gasteiger partial charge in [-0.3, -0.25) is 0 Å². The predicted molar refractivity (Wildman–Crippen MR) is 43.0 cm³/mol. The van der Waals surface area contributed by atoms with Gasteiger partial charge >= 0.3 is 0 Å². The van der Waals surface area contributed by atoms with E-state index in [9.17, 15) is 5.11 Å². The molecule has 0 amide bonds. The van der Waals surface area contributed by atoms with Gasteiger partial charge in [0.1, 0.15) is 0 Å². The van der Waals surface area contributed by atoms with Crippen molar-refractivity contribution in [3.05, 3.63) is 12.2 Å². The van der Waals surface area contributed by atoms with Gasteiger partial charge in [0.25, 0.3) is 0 Å². The van der Waals surface area contributed by atoms with Crippen molar-refractivity contribution < 1.29 is 5.11 Å². The molecule has 2 saturated carbocycles. The average molecular weight is 150 g/mol. The van der Waals surface area contributed by atoms with Crippen molar-refractivity contribution in [3.8, 4) is 0 Å². The Morgan fingerprint density at radius 3 is 3.09 bits per heavy atom. The highest BCUT2D eigenvalue weighted by molar-refractivity contribution is 5.24. The molecule has 11 heavy (non-hydrogen) atoms. The molecule has 3 rings (SSSR count). The van der Waals surface area contributed by atoms with Crippen LogP contribution in [0.2, 0.25) is 0 Å². The molecule has 0 spiro atoms. The van der Waals surface area contributed by atoms with Gasteiger partial charge in [-0.25, -0.2) is 0 Å². The lowest BCUT2D eigenvalue weighted by atomic mass is 9.84. The molecule has 3 aliphatic rings. The van der Waals surface area contributed by atoms with Crippen LogP contribution in [0.5, 0.6) is 0 Å². The molecule has 3 aliphatic carbocycles. The van der Waals surface area contributed by atoms with Crippen LogP contribution >= 0.6 is 0 Å². The molecule has 0 saturated heterocycles. The standard InChI is InChI=1S/C10H14O/c11-10-5-4-7(6-10)8-2-1-3-9(8)10/h4-5,7-9,11H,1-3,6H2. The first-order chi connectivity index (χ1) is 5.30. The Balaban J connectivity index is 2.04. The second-order valence-electron chi connectivity index (χ2n) is 4.42. The number of hydrogen-bond acceptors (Lipinski definition) is 1. The van der Waals surface area contributed by atoms with Crippen LogP contribution in [0.25, 0.3) is 0 Å². The van der Waals surface area contributed by atoms with E-state index in [1.165, 1.54) is 19.3 Å². The molecule has 4 atom stereocenters. The van der Waals surface area contributed by atoms with Crippen molar-refractivity contribution in [2.45, 2.75) is 31.3 Å². The zero-order valence-corrected chi connectivity index (χ0v) is 6.66. The lowest BCUT2D eigenvalue weighted by Crippen LogP contribution is -2.30. The van der Waals surface area contributed by atoms with E-state index in [1.807, 2.05) is 0 Å². The molecular formula is C10H14O. The molecule has 1 nitrogen and oxygen atoms in total. The van der Waals surface area contributed by atoms with Crippen LogP contribution in [0.3, 0.4) is 0 Å². The Hall–Kier alpha value is -0.300. The van der Waals surface area contributed by atoms with Crippen molar-refractivity contribution in [2.75, 3.05) is 0 Å². The van der Waals surface area contributed by atoms with Gasteiger partial charge in [0.15, 0.2) is 0 Å². The smallest absolute Gasteiger partial charge is 0.0864 e. The van der Waals surface area contributed by atoms with E-state index in [1.54, 1.807) is 0 Å². The summed E-state index contributed by atoms with van der Waals surface area (Å²) in [7, 11) is 0. The minimum absolute atomic E-state index is 0.369. The van der Waals surface area contributed by atoms with Crippen LogP contribution in [0, 0.1) is 17.8 Å². The monoisotopic (exact) mass is 150 g/mol. The van der Waals surface area contributed by atoms with E-state index in [0.717, 1.165) is 18.3 Å². The van der Waals surface area contributed by atoms with E-state index >= 15 is 0 Å². The van der Waals surface area contributed by atoms with Gasteiger partial charge in [-0.1, -0.05) is 18.6 Å². The first-order valence-electron chi connectivity index (χ1n) is 4.71. The minimum atomic E-state index is -0.369. The van der Waals surface area contributed by atoms with Crippen LogP contribution < -0.4 is 0 Å². The topological polar surface area (TPSA) is 20.2 Å². The minimum Gasteiger partial charge on any atom is -0.385 e. The summed E-state index contributed by atoms with van der Waals surface area (Å²) in [6.07, 6.45) is 9.30. The molecule has 0 aromatic carbocycles. The quantitative estimate of drug-likeness (QED) is 0.521. The van der Waals surface area contributed by atoms with E-state index in [4.69, 9.17) is 0 Å². The van der Waals surface area contributed by atoms with Crippen LogP contribution in [-0.4, -0.2) is 10.7 Å². The van der Waals surface area contributed by atoms with Gasteiger partial charge < -0.3 is 5.11 Å². The Labute approximate surface area is 67.1 Å². The summed E-state index contributed by atoms with van der Waals surface area (Å²) < 4.78 is 0. The molecule has 0 aromatic rings. The number of rotatable bonds is 0. The number of fused-ring (bicyclic) bond motifs is 5. The zero-order valence-electron chi connectivity index (χ0n) is 6.66. The second-order valence-corrected chi connectivity index (χ2v) is 4.42. The van der Waals surface area contributed by atoms with Crippen molar-refractivity contribution in [2.24, 2.45) is 17.8 Å². The summed E-state index contributed by atoms with van der Waals surface area (Å²) >= 11 is 0. The van der Waals surface area contributed by atoms with Gasteiger partial charge in [0, 0.05) is 0 Å². The first-order valence-corrected chi connectivity index (χ1v) is 4.71. The number of allylic oxidation sites excluding steroid dienone is 1. The summed E-state index contributed by atoms with van der Waals surface area (Å²) in [5, 5.41) is 10.1. The van der Waals surface area contributed by atoms with Gasteiger partial charge in [0.05, 0.1) is 5.60 Å². The molecule has 0 aromatic heterocycles. The molecule has 0 radical (unpaired) electrons. The summed E-state index contributed by atoms with van der Waals surface area (Å²) in [5.41, 5.74) is -0.369. The lowest BCUT2D eigenvalue weighted by molar-refractivity contribution is 0.0474. The Morgan fingerprint density at radius 2 is 2.27 bits per heavy atom. The van der Waals surface area contributed by atoms with E-state index in [0.29, 0.717) is 5.92 Å². The first kappa shape index (κ1) is 6.24. The molecule has 1 N–H and O–H groups in total. The fraction of sp³-hybridized carbons (Fsp3) is 0.800. The van der Waals surface area contributed by atoms with Crippen molar-refractivity contribution in [3.63, 3.8) is 0 Å². The van der Waals surface area contributed by atoms with Crippen molar-refractivity contribution in [1.29, 1.82) is 0 Å². The maximum atomic E-state index is 10.1. The summed E-state index contributed by atoms with van der Waals surface area (Å²) in [4.78, 5) is 0. The van der Waals surface area contributed by atoms with Gasteiger partial charge in [0.2, 0.25) is 0 Å². The van der Waals surface area contributed by atoms with Crippen LogP contribution in [0.1, 0.15) is 25.7 Å². The molecule has 0 heterocycles. The Morgan fingerprint density at radius 1 is 1.36 bits per heavy atom. The fourth-order valence-corrected chi connectivity index (χ4v) is 3.49. The van der Waals surface area contributed by atoms with Gasteiger partial charge in [-0.05, 0) is 37.0 Å². The summed E-state index contributed by atoms with van der Waals surface area (Å²) in [6, 6.07) is 0. The number of hydrogen-bond donors (Lipinski definition) is 1. The fourth-order valence-electron chi connectivity index (χ4n) is 3.49. The largest absolute Gasteiger partial charge is 0.385 e. The maximum absolute atomic E-state index is 10.1.